The number of rotatable bonds is 7. The highest BCUT2D eigenvalue weighted by Gasteiger charge is 2.37. The van der Waals surface area contributed by atoms with E-state index >= 15 is 4.39 Å². The molecule has 1 aliphatic rings. The van der Waals surface area contributed by atoms with Gasteiger partial charge in [-0.05, 0) is 44.1 Å². The molecule has 31 heavy (non-hydrogen) atoms. The zero-order valence-electron chi connectivity index (χ0n) is 19.2. The van der Waals surface area contributed by atoms with Crippen LogP contribution in [0, 0.1) is 5.82 Å². The maximum Gasteiger partial charge on any atom is 0.316 e. The average molecular weight is 448 g/mol. The van der Waals surface area contributed by atoms with Crippen LogP contribution in [0.1, 0.15) is 39.2 Å². The number of piperidine rings is 1. The van der Waals surface area contributed by atoms with Crippen molar-refractivity contribution < 1.29 is 18.7 Å². The van der Waals surface area contributed by atoms with Crippen LogP contribution >= 0.6 is 0 Å². The second-order valence-corrected chi connectivity index (χ2v) is 14.7. The Labute approximate surface area is 185 Å². The molecule has 1 aliphatic heterocycles. The van der Waals surface area contributed by atoms with Crippen molar-refractivity contribution in [2.75, 3.05) is 19.7 Å². The van der Waals surface area contributed by atoms with Crippen molar-refractivity contribution in [1.82, 2.24) is 15.3 Å². The molecule has 0 radical (unpaired) electrons. The molecule has 1 aromatic carbocycles. The summed E-state index contributed by atoms with van der Waals surface area (Å²) in [6.07, 6.45) is 4.34. The lowest BCUT2D eigenvalue weighted by atomic mass is 9.94. The van der Waals surface area contributed by atoms with E-state index < -0.39 is 13.9 Å². The summed E-state index contributed by atoms with van der Waals surface area (Å²) in [6, 6.07) is 5.46. The fourth-order valence-electron chi connectivity index (χ4n) is 3.15. The lowest BCUT2D eigenvalue weighted by molar-refractivity contribution is -0.0309. The van der Waals surface area contributed by atoms with Crippen LogP contribution in [0.25, 0.3) is 11.1 Å². The topological polar surface area (TPSA) is 76.5 Å². The van der Waals surface area contributed by atoms with Gasteiger partial charge in [-0.2, -0.15) is 0 Å². The highest BCUT2D eigenvalue weighted by atomic mass is 28.4. The van der Waals surface area contributed by atoms with Crippen LogP contribution in [0.4, 0.5) is 4.39 Å². The molecule has 6 nitrogen and oxygen atoms in total. The van der Waals surface area contributed by atoms with Gasteiger partial charge in [0.1, 0.15) is 18.0 Å². The summed E-state index contributed by atoms with van der Waals surface area (Å²) in [7, 11) is -1.98. The maximum absolute atomic E-state index is 15.2. The molecular weight excluding hydrogens is 413 g/mol. The zero-order valence-corrected chi connectivity index (χ0v) is 20.2. The summed E-state index contributed by atoms with van der Waals surface area (Å²) >= 11 is 0. The number of benzene rings is 1. The van der Waals surface area contributed by atoms with E-state index in [0.29, 0.717) is 29.5 Å². The average Bonchev–Trinajstić information content (AvgIpc) is 2.72. The molecule has 2 aromatic rings. The van der Waals surface area contributed by atoms with E-state index in [2.05, 4.69) is 49.1 Å². The van der Waals surface area contributed by atoms with Crippen molar-refractivity contribution in [2.24, 2.45) is 0 Å². The minimum Gasteiger partial charge on any atom is -0.460 e. The standard InChI is InChI=1S/C23H34FN3O3Si/c1-22(2,3)31(4,5)30-15-17-7-6-8-19(20(17)24)18-13-26-21(27-14-18)29-16-23(28)9-11-25-12-10-23/h6-8,13-14,25,28H,9-12,15-16H2,1-5H3. The summed E-state index contributed by atoms with van der Waals surface area (Å²) in [5, 5.41) is 13.8. The molecule has 3 rings (SSSR count). The summed E-state index contributed by atoms with van der Waals surface area (Å²) in [5.74, 6) is -0.317. The molecule has 1 fully saturated rings. The van der Waals surface area contributed by atoms with Crippen molar-refractivity contribution in [3.8, 4) is 17.1 Å². The minimum absolute atomic E-state index is 0.0616. The summed E-state index contributed by atoms with van der Waals surface area (Å²) < 4.78 is 27.0. The van der Waals surface area contributed by atoms with Gasteiger partial charge in [0.25, 0.3) is 0 Å². The largest absolute Gasteiger partial charge is 0.460 e. The van der Waals surface area contributed by atoms with Crippen molar-refractivity contribution in [1.29, 1.82) is 0 Å². The van der Waals surface area contributed by atoms with E-state index in [1.165, 1.54) is 0 Å². The SMILES string of the molecule is CC(C)(C)[Si](C)(C)OCc1cccc(-c2cnc(OCC3(O)CCNCC3)nc2)c1F. The Morgan fingerprint density at radius 1 is 1.16 bits per heavy atom. The summed E-state index contributed by atoms with van der Waals surface area (Å²) in [6.45, 7) is 12.7. The molecule has 0 atom stereocenters. The van der Waals surface area contributed by atoms with Crippen molar-refractivity contribution >= 4 is 8.32 Å². The van der Waals surface area contributed by atoms with Crippen molar-refractivity contribution in [2.45, 2.75) is 64.0 Å². The Kier molecular flexibility index (Phi) is 7.15. The highest BCUT2D eigenvalue weighted by molar-refractivity contribution is 6.74. The normalized spacial score (nSPS) is 16.9. The second-order valence-electron chi connectivity index (χ2n) is 9.84. The monoisotopic (exact) mass is 447 g/mol. The molecule has 0 amide bonds. The van der Waals surface area contributed by atoms with Crippen LogP contribution < -0.4 is 10.1 Å². The van der Waals surface area contributed by atoms with E-state index in [0.717, 1.165) is 13.1 Å². The lowest BCUT2D eigenvalue weighted by Gasteiger charge is -2.36. The van der Waals surface area contributed by atoms with E-state index in [4.69, 9.17) is 9.16 Å². The Bertz CT molecular complexity index is 879. The first-order valence-electron chi connectivity index (χ1n) is 10.8. The van der Waals surface area contributed by atoms with E-state index in [9.17, 15) is 5.11 Å². The second kappa shape index (κ2) is 9.32. The lowest BCUT2D eigenvalue weighted by Crippen LogP contribution is -2.46. The van der Waals surface area contributed by atoms with E-state index in [-0.39, 0.29) is 30.1 Å². The van der Waals surface area contributed by atoms with E-state index in [1.807, 2.05) is 6.07 Å². The minimum atomic E-state index is -1.98. The molecule has 0 unspecified atom stereocenters. The van der Waals surface area contributed by atoms with Gasteiger partial charge in [-0.3, -0.25) is 0 Å². The molecule has 2 N–H and O–H groups in total. The molecule has 8 heteroatoms. The van der Waals surface area contributed by atoms with Crippen LogP contribution in [0.3, 0.4) is 0 Å². The molecule has 2 heterocycles. The molecule has 170 valence electrons. The molecule has 1 saturated heterocycles. The van der Waals surface area contributed by atoms with Crippen LogP contribution in [-0.4, -0.2) is 48.7 Å². The number of aromatic nitrogens is 2. The number of nitrogens with zero attached hydrogens (tertiary/aromatic N) is 2. The molecule has 1 aromatic heterocycles. The fraction of sp³-hybridized carbons (Fsp3) is 0.565. The Hall–Kier alpha value is -1.87. The first kappa shape index (κ1) is 23.8. The van der Waals surface area contributed by atoms with E-state index in [1.54, 1.807) is 24.5 Å². The first-order valence-corrected chi connectivity index (χ1v) is 13.7. The van der Waals surface area contributed by atoms with Crippen LogP contribution in [0.15, 0.2) is 30.6 Å². The number of hydrogen-bond donors (Lipinski definition) is 2. The maximum atomic E-state index is 15.2. The molecule has 0 aliphatic carbocycles. The smallest absolute Gasteiger partial charge is 0.316 e. The summed E-state index contributed by atoms with van der Waals surface area (Å²) in [4.78, 5) is 8.42. The number of nitrogens with one attached hydrogen (secondary N) is 1. The van der Waals surface area contributed by atoms with Crippen LogP contribution in [0.2, 0.25) is 18.1 Å². The van der Waals surface area contributed by atoms with Gasteiger partial charge < -0.3 is 19.6 Å². The fourth-order valence-corrected chi connectivity index (χ4v) is 4.10. The van der Waals surface area contributed by atoms with Crippen LogP contribution in [-0.2, 0) is 11.0 Å². The number of aliphatic hydroxyl groups is 1. The number of hydrogen-bond acceptors (Lipinski definition) is 6. The van der Waals surface area contributed by atoms with Crippen molar-refractivity contribution in [3.05, 3.63) is 42.0 Å². The molecule has 0 spiro atoms. The van der Waals surface area contributed by atoms with Gasteiger partial charge in [-0.25, -0.2) is 14.4 Å². The van der Waals surface area contributed by atoms with Gasteiger partial charge in [0.15, 0.2) is 8.32 Å². The van der Waals surface area contributed by atoms with Gasteiger partial charge in [0.2, 0.25) is 0 Å². The molecule has 0 bridgehead atoms. The third-order valence-electron chi connectivity index (χ3n) is 6.42. The Morgan fingerprint density at radius 2 is 1.81 bits per heavy atom. The summed E-state index contributed by atoms with van der Waals surface area (Å²) in [5.41, 5.74) is 0.660. The number of ether oxygens (including phenoxy) is 1. The van der Waals surface area contributed by atoms with Gasteiger partial charge in [0, 0.05) is 29.1 Å². The quantitative estimate of drug-likeness (QED) is 0.617. The zero-order chi connectivity index (χ0) is 22.7. The Balaban J connectivity index is 1.68. The van der Waals surface area contributed by atoms with Gasteiger partial charge in [0.05, 0.1) is 6.61 Å². The molecule has 0 saturated carbocycles. The predicted octanol–water partition coefficient (Wildman–Crippen LogP) is 4.30. The number of halogens is 1. The van der Waals surface area contributed by atoms with Gasteiger partial charge in [-0.15, -0.1) is 0 Å². The third-order valence-corrected chi connectivity index (χ3v) is 10.9. The van der Waals surface area contributed by atoms with Gasteiger partial charge in [-0.1, -0.05) is 39.0 Å². The molecular formula is C23H34FN3O3Si. The highest BCUT2D eigenvalue weighted by Crippen LogP contribution is 2.37. The van der Waals surface area contributed by atoms with Gasteiger partial charge >= 0.3 is 6.01 Å². The first-order chi connectivity index (χ1) is 14.5. The van der Waals surface area contributed by atoms with Crippen molar-refractivity contribution in [3.63, 3.8) is 0 Å². The third kappa shape index (κ3) is 5.88. The predicted molar refractivity (Wildman–Crippen MR) is 122 cm³/mol. The Morgan fingerprint density at radius 3 is 2.42 bits per heavy atom. The van der Waals surface area contributed by atoms with Crippen LogP contribution in [0.5, 0.6) is 6.01 Å².